The number of hydrogen-bond acceptors (Lipinski definition) is 4. The normalized spacial score (nSPS) is 10.6. The number of para-hydroxylation sites is 1. The van der Waals surface area contributed by atoms with E-state index in [2.05, 4.69) is 15.8 Å². The van der Waals surface area contributed by atoms with Crippen molar-refractivity contribution in [3.63, 3.8) is 0 Å². The Morgan fingerprint density at radius 3 is 2.75 bits per heavy atom. The van der Waals surface area contributed by atoms with Gasteiger partial charge in [0.2, 0.25) is 0 Å². The summed E-state index contributed by atoms with van der Waals surface area (Å²) in [5.74, 6) is -0.416. The van der Waals surface area contributed by atoms with Crippen molar-refractivity contribution >= 4 is 45.7 Å². The minimum Gasteiger partial charge on any atom is -0.297 e. The summed E-state index contributed by atoms with van der Waals surface area (Å²) in [4.78, 5) is 28.5. The van der Waals surface area contributed by atoms with Crippen LogP contribution in [0, 0.1) is 0 Å². The summed E-state index contributed by atoms with van der Waals surface area (Å²) in [7, 11) is 0. The highest BCUT2D eigenvalue weighted by Crippen LogP contribution is 2.24. The number of amides is 1. The van der Waals surface area contributed by atoms with Crippen LogP contribution in [0.3, 0.4) is 0 Å². The highest BCUT2D eigenvalue weighted by Gasteiger charge is 2.08. The Bertz CT molecular complexity index is 972. The van der Waals surface area contributed by atoms with Crippen molar-refractivity contribution in [3.8, 4) is 0 Å². The Hall–Kier alpha value is -2.57. The van der Waals surface area contributed by atoms with Crippen LogP contribution >= 0.6 is 23.2 Å². The van der Waals surface area contributed by atoms with Crippen molar-refractivity contribution in [2.45, 2.75) is 6.54 Å². The third-order valence-electron chi connectivity index (χ3n) is 3.31. The lowest BCUT2D eigenvalue weighted by molar-refractivity contribution is -0.121. The minimum atomic E-state index is -0.416. The van der Waals surface area contributed by atoms with Gasteiger partial charge in [-0.3, -0.25) is 25.0 Å². The lowest BCUT2D eigenvalue weighted by Crippen LogP contribution is -2.35. The van der Waals surface area contributed by atoms with Gasteiger partial charge < -0.3 is 0 Å². The monoisotopic (exact) mass is 362 g/mol. The van der Waals surface area contributed by atoms with Crippen molar-refractivity contribution < 1.29 is 4.79 Å². The van der Waals surface area contributed by atoms with Crippen LogP contribution in [0.15, 0.2) is 53.6 Å². The van der Waals surface area contributed by atoms with Crippen LogP contribution in [0.5, 0.6) is 0 Å². The van der Waals surface area contributed by atoms with Crippen LogP contribution < -0.4 is 16.4 Å². The van der Waals surface area contributed by atoms with E-state index in [1.807, 2.05) is 0 Å². The maximum absolute atomic E-state index is 12.3. The SMILES string of the molecule is O=C(Cn1cnc2ccccc2c1=O)NNc1ccc(Cl)cc1Cl. The van der Waals surface area contributed by atoms with E-state index in [9.17, 15) is 9.59 Å². The number of nitrogens with zero attached hydrogens (tertiary/aromatic N) is 2. The third kappa shape index (κ3) is 3.50. The second-order valence-corrected chi connectivity index (χ2v) is 5.84. The number of nitrogens with one attached hydrogen (secondary N) is 2. The third-order valence-corrected chi connectivity index (χ3v) is 3.86. The fraction of sp³-hybridized carbons (Fsp3) is 0.0625. The average molecular weight is 363 g/mol. The maximum Gasteiger partial charge on any atom is 0.261 e. The number of carbonyl (C=O) groups is 1. The molecule has 0 saturated carbocycles. The molecule has 0 fully saturated rings. The van der Waals surface area contributed by atoms with Gasteiger partial charge in [0, 0.05) is 5.02 Å². The van der Waals surface area contributed by atoms with Gasteiger partial charge in [-0.05, 0) is 30.3 Å². The molecule has 2 aromatic carbocycles. The molecule has 0 saturated heterocycles. The molecular formula is C16H12Cl2N4O2. The van der Waals surface area contributed by atoms with Gasteiger partial charge in [0.15, 0.2) is 0 Å². The summed E-state index contributed by atoms with van der Waals surface area (Å²) in [6.07, 6.45) is 1.35. The fourth-order valence-electron chi connectivity index (χ4n) is 2.14. The molecule has 0 unspecified atom stereocenters. The van der Waals surface area contributed by atoms with Crippen molar-refractivity contribution in [3.05, 3.63) is 69.2 Å². The van der Waals surface area contributed by atoms with Gasteiger partial charge in [0.05, 0.1) is 27.9 Å². The van der Waals surface area contributed by atoms with E-state index in [1.54, 1.807) is 42.5 Å². The molecular weight excluding hydrogens is 351 g/mol. The van der Waals surface area contributed by atoms with Crippen LogP contribution in [0.2, 0.25) is 10.0 Å². The quantitative estimate of drug-likeness (QED) is 0.699. The first kappa shape index (κ1) is 16.3. The summed E-state index contributed by atoms with van der Waals surface area (Å²) < 4.78 is 1.24. The number of anilines is 1. The predicted octanol–water partition coefficient (Wildman–Crippen LogP) is 2.85. The molecule has 0 atom stereocenters. The molecule has 1 aromatic heterocycles. The van der Waals surface area contributed by atoms with Crippen molar-refractivity contribution in [2.24, 2.45) is 0 Å². The van der Waals surface area contributed by atoms with Crippen LogP contribution in [0.4, 0.5) is 5.69 Å². The predicted molar refractivity (Wildman–Crippen MR) is 94.2 cm³/mol. The molecule has 0 bridgehead atoms. The lowest BCUT2D eigenvalue weighted by Gasteiger charge is -2.11. The first-order chi connectivity index (χ1) is 11.5. The largest absolute Gasteiger partial charge is 0.297 e. The van der Waals surface area contributed by atoms with Gasteiger partial charge in [0.1, 0.15) is 6.54 Å². The summed E-state index contributed by atoms with van der Waals surface area (Å²) in [6.45, 7) is -0.172. The van der Waals surface area contributed by atoms with Gasteiger partial charge in [-0.15, -0.1) is 0 Å². The number of hydrazine groups is 1. The number of benzene rings is 2. The van der Waals surface area contributed by atoms with Crippen LogP contribution in [0.1, 0.15) is 0 Å². The van der Waals surface area contributed by atoms with Crippen LogP contribution in [0.25, 0.3) is 10.9 Å². The number of rotatable bonds is 4. The Balaban J connectivity index is 1.71. The highest BCUT2D eigenvalue weighted by atomic mass is 35.5. The number of fused-ring (bicyclic) bond motifs is 1. The van der Waals surface area contributed by atoms with Gasteiger partial charge in [-0.1, -0.05) is 35.3 Å². The Morgan fingerprint density at radius 2 is 1.96 bits per heavy atom. The van der Waals surface area contributed by atoms with Crippen molar-refractivity contribution in [1.82, 2.24) is 15.0 Å². The number of aromatic nitrogens is 2. The first-order valence-electron chi connectivity index (χ1n) is 6.98. The van der Waals surface area contributed by atoms with Crippen LogP contribution in [-0.4, -0.2) is 15.5 Å². The smallest absolute Gasteiger partial charge is 0.261 e. The lowest BCUT2D eigenvalue weighted by atomic mass is 10.2. The fourth-order valence-corrected chi connectivity index (χ4v) is 2.60. The number of hydrogen-bond donors (Lipinski definition) is 2. The van der Waals surface area contributed by atoms with E-state index in [1.165, 1.54) is 10.9 Å². The van der Waals surface area contributed by atoms with E-state index in [-0.39, 0.29) is 12.1 Å². The van der Waals surface area contributed by atoms with Crippen molar-refractivity contribution in [2.75, 3.05) is 5.43 Å². The molecule has 1 heterocycles. The molecule has 24 heavy (non-hydrogen) atoms. The Kier molecular flexibility index (Phi) is 4.69. The van der Waals surface area contributed by atoms with Gasteiger partial charge in [-0.2, -0.15) is 0 Å². The standard InChI is InChI=1S/C16H12Cl2N4O2/c17-10-5-6-14(12(18)7-10)20-21-15(23)8-22-9-19-13-4-2-1-3-11(13)16(22)24/h1-7,9,20H,8H2,(H,21,23). The second kappa shape index (κ2) is 6.90. The van der Waals surface area contributed by atoms with E-state index in [4.69, 9.17) is 23.2 Å². The zero-order chi connectivity index (χ0) is 17.1. The molecule has 3 rings (SSSR count). The summed E-state index contributed by atoms with van der Waals surface area (Å²) in [5, 5.41) is 1.32. The van der Waals surface area contributed by atoms with E-state index < -0.39 is 5.91 Å². The molecule has 3 aromatic rings. The van der Waals surface area contributed by atoms with E-state index in [0.717, 1.165) is 0 Å². The number of carbonyl (C=O) groups excluding carboxylic acids is 1. The second-order valence-electron chi connectivity index (χ2n) is 4.99. The molecule has 122 valence electrons. The molecule has 1 amide bonds. The minimum absolute atomic E-state index is 0.172. The van der Waals surface area contributed by atoms with E-state index in [0.29, 0.717) is 26.6 Å². The van der Waals surface area contributed by atoms with Crippen molar-refractivity contribution in [1.29, 1.82) is 0 Å². The maximum atomic E-state index is 12.3. The zero-order valence-electron chi connectivity index (χ0n) is 12.3. The molecule has 8 heteroatoms. The topological polar surface area (TPSA) is 76.0 Å². The Morgan fingerprint density at radius 1 is 1.17 bits per heavy atom. The summed E-state index contributed by atoms with van der Waals surface area (Å²) in [5.41, 5.74) is 5.98. The van der Waals surface area contributed by atoms with E-state index >= 15 is 0 Å². The summed E-state index contributed by atoms with van der Waals surface area (Å²) in [6, 6.07) is 11.8. The average Bonchev–Trinajstić information content (AvgIpc) is 2.57. The molecule has 0 aliphatic rings. The zero-order valence-corrected chi connectivity index (χ0v) is 13.8. The molecule has 6 nitrogen and oxygen atoms in total. The molecule has 0 aliphatic heterocycles. The molecule has 2 N–H and O–H groups in total. The Labute approximate surface area is 147 Å². The van der Waals surface area contributed by atoms with Gasteiger partial charge in [-0.25, -0.2) is 4.98 Å². The van der Waals surface area contributed by atoms with Gasteiger partial charge >= 0.3 is 0 Å². The van der Waals surface area contributed by atoms with Gasteiger partial charge in [0.25, 0.3) is 11.5 Å². The molecule has 0 radical (unpaired) electrons. The van der Waals surface area contributed by atoms with Crippen LogP contribution in [-0.2, 0) is 11.3 Å². The number of halogens is 2. The summed E-state index contributed by atoms with van der Waals surface area (Å²) >= 11 is 11.8. The highest BCUT2D eigenvalue weighted by molar-refractivity contribution is 6.36. The first-order valence-corrected chi connectivity index (χ1v) is 7.74. The molecule has 0 aliphatic carbocycles. The molecule has 0 spiro atoms.